The van der Waals surface area contributed by atoms with Crippen LogP contribution in [0.3, 0.4) is 0 Å². The Labute approximate surface area is 177 Å². The van der Waals surface area contributed by atoms with Gasteiger partial charge in [0.05, 0.1) is 19.8 Å². The van der Waals surface area contributed by atoms with Gasteiger partial charge in [-0.1, -0.05) is 0 Å². The number of anilines is 1. The van der Waals surface area contributed by atoms with Gasteiger partial charge in [0.25, 0.3) is 5.91 Å². The number of aryl methyl sites for hydroxylation is 1. The fraction of sp³-hybridized carbons (Fsp3) is 0.350. The first-order valence-corrected chi connectivity index (χ1v) is 10.9. The average Bonchev–Trinajstić information content (AvgIpc) is 3.29. The van der Waals surface area contributed by atoms with E-state index in [1.807, 2.05) is 24.3 Å². The molecular formula is C20H22N2O5S2. The summed E-state index contributed by atoms with van der Waals surface area (Å²) in [6, 6.07) is 7.64. The van der Waals surface area contributed by atoms with E-state index in [0.29, 0.717) is 22.7 Å². The second kappa shape index (κ2) is 9.80. The summed E-state index contributed by atoms with van der Waals surface area (Å²) in [4.78, 5) is 38.5. The Morgan fingerprint density at radius 3 is 2.59 bits per heavy atom. The molecule has 0 atom stereocenters. The summed E-state index contributed by atoms with van der Waals surface area (Å²) >= 11 is 2.98. The minimum Gasteiger partial charge on any atom is -0.497 e. The van der Waals surface area contributed by atoms with E-state index >= 15 is 0 Å². The minimum atomic E-state index is -0.818. The predicted molar refractivity (Wildman–Crippen MR) is 113 cm³/mol. The molecule has 1 aliphatic rings. The highest BCUT2D eigenvalue weighted by Crippen LogP contribution is 2.39. The molecule has 0 fully saturated rings. The number of ether oxygens (including phenoxy) is 2. The fourth-order valence-corrected chi connectivity index (χ4v) is 5.22. The number of benzene rings is 1. The first-order chi connectivity index (χ1) is 14.0. The zero-order valence-corrected chi connectivity index (χ0v) is 17.8. The second-order valence-corrected chi connectivity index (χ2v) is 8.60. The highest BCUT2D eigenvalue weighted by Gasteiger charge is 2.28. The quantitative estimate of drug-likeness (QED) is 0.643. The number of imide groups is 1. The van der Waals surface area contributed by atoms with E-state index < -0.39 is 12.0 Å². The van der Waals surface area contributed by atoms with Crippen molar-refractivity contribution < 1.29 is 23.9 Å². The van der Waals surface area contributed by atoms with Crippen LogP contribution in [-0.2, 0) is 22.4 Å². The maximum Gasteiger partial charge on any atom is 0.413 e. The van der Waals surface area contributed by atoms with Gasteiger partial charge in [-0.3, -0.25) is 14.9 Å². The number of alkyl carbamates (subject to hydrolysis) is 1. The van der Waals surface area contributed by atoms with Crippen molar-refractivity contribution in [2.24, 2.45) is 0 Å². The van der Waals surface area contributed by atoms with Gasteiger partial charge in [0.1, 0.15) is 10.8 Å². The van der Waals surface area contributed by atoms with E-state index in [2.05, 4.69) is 15.4 Å². The number of fused-ring (bicyclic) bond motifs is 1. The number of thiophene rings is 1. The molecule has 29 heavy (non-hydrogen) atoms. The molecule has 2 aromatic rings. The van der Waals surface area contributed by atoms with Crippen LogP contribution in [0, 0.1) is 0 Å². The summed E-state index contributed by atoms with van der Waals surface area (Å²) in [6.45, 7) is 0. The molecule has 0 aliphatic heterocycles. The lowest BCUT2D eigenvalue weighted by Gasteiger charge is -2.08. The highest BCUT2D eigenvalue weighted by atomic mass is 32.2. The summed E-state index contributed by atoms with van der Waals surface area (Å²) in [5.74, 6) is 0.681. The van der Waals surface area contributed by atoms with Crippen molar-refractivity contribution in [3.63, 3.8) is 0 Å². The van der Waals surface area contributed by atoms with Crippen molar-refractivity contribution in [3.8, 4) is 5.75 Å². The van der Waals surface area contributed by atoms with Crippen molar-refractivity contribution in [2.45, 2.75) is 30.6 Å². The molecule has 0 radical (unpaired) electrons. The number of carbonyl (C=O) groups is 3. The molecule has 0 spiro atoms. The smallest absolute Gasteiger partial charge is 0.413 e. The zero-order chi connectivity index (χ0) is 20.8. The van der Waals surface area contributed by atoms with Crippen LogP contribution in [0.25, 0.3) is 0 Å². The van der Waals surface area contributed by atoms with Crippen molar-refractivity contribution >= 4 is 46.0 Å². The molecule has 1 aromatic carbocycles. The normalized spacial score (nSPS) is 12.2. The number of hydrogen-bond donors (Lipinski definition) is 2. The van der Waals surface area contributed by atoms with Gasteiger partial charge >= 0.3 is 6.09 Å². The van der Waals surface area contributed by atoms with E-state index in [-0.39, 0.29) is 5.91 Å². The molecule has 1 aliphatic carbocycles. The zero-order valence-electron chi connectivity index (χ0n) is 16.2. The van der Waals surface area contributed by atoms with Crippen LogP contribution >= 0.6 is 23.1 Å². The number of amides is 3. The second-order valence-electron chi connectivity index (χ2n) is 6.33. The number of rotatable bonds is 7. The number of nitrogens with one attached hydrogen (secondary N) is 2. The van der Waals surface area contributed by atoms with Crippen LogP contribution < -0.4 is 15.4 Å². The molecule has 1 aromatic heterocycles. The lowest BCUT2D eigenvalue weighted by atomic mass is 10.1. The Morgan fingerprint density at radius 1 is 1.14 bits per heavy atom. The fourth-order valence-electron chi connectivity index (χ4n) is 3.06. The highest BCUT2D eigenvalue weighted by molar-refractivity contribution is 7.99. The van der Waals surface area contributed by atoms with Crippen molar-refractivity contribution in [2.75, 3.05) is 25.3 Å². The van der Waals surface area contributed by atoms with Gasteiger partial charge in [0, 0.05) is 21.9 Å². The molecule has 0 unspecified atom stereocenters. The van der Waals surface area contributed by atoms with Crippen LogP contribution in [0.4, 0.5) is 9.80 Å². The molecule has 2 N–H and O–H groups in total. The topological polar surface area (TPSA) is 93.7 Å². The Morgan fingerprint density at radius 2 is 1.90 bits per heavy atom. The Kier molecular flexibility index (Phi) is 7.16. The first-order valence-electron chi connectivity index (χ1n) is 9.12. The van der Waals surface area contributed by atoms with Gasteiger partial charge in [-0.25, -0.2) is 4.79 Å². The number of thioether (sulfide) groups is 1. The van der Waals surface area contributed by atoms with E-state index in [1.165, 1.54) is 18.4 Å². The molecule has 0 bridgehead atoms. The molecule has 154 valence electrons. The molecule has 9 heteroatoms. The van der Waals surface area contributed by atoms with Gasteiger partial charge in [-0.05, 0) is 49.1 Å². The Balaban J connectivity index is 1.61. The maximum absolute atomic E-state index is 12.5. The monoisotopic (exact) mass is 434 g/mol. The molecular weight excluding hydrogens is 412 g/mol. The standard InChI is InChI=1S/C20H22N2O5S2/c1-26-12-6-8-13(9-7-12)28-11-10-16(23)21-19-17(18(24)22-20(25)27-2)14-4-3-5-15(14)29-19/h6-9H,3-5,10-11H2,1-2H3,(H,21,23)(H,22,24,25). The van der Waals surface area contributed by atoms with Gasteiger partial charge in [-0.2, -0.15) is 0 Å². The summed E-state index contributed by atoms with van der Waals surface area (Å²) < 4.78 is 9.64. The van der Waals surface area contributed by atoms with Gasteiger partial charge in [0.15, 0.2) is 0 Å². The summed E-state index contributed by atoms with van der Waals surface area (Å²) in [5.41, 5.74) is 1.29. The van der Waals surface area contributed by atoms with Crippen LogP contribution in [0.1, 0.15) is 33.6 Å². The first kappa shape index (κ1) is 21.2. The maximum atomic E-state index is 12.5. The lowest BCUT2D eigenvalue weighted by molar-refractivity contribution is -0.115. The average molecular weight is 435 g/mol. The molecule has 0 saturated carbocycles. The minimum absolute atomic E-state index is 0.168. The van der Waals surface area contributed by atoms with Crippen LogP contribution in [0.15, 0.2) is 29.2 Å². The molecule has 1 heterocycles. The summed E-state index contributed by atoms with van der Waals surface area (Å²) in [5, 5.41) is 5.54. The number of hydrogen-bond acceptors (Lipinski definition) is 7. The molecule has 7 nitrogen and oxygen atoms in total. The Bertz CT molecular complexity index is 908. The van der Waals surface area contributed by atoms with Crippen LogP contribution in [0.2, 0.25) is 0 Å². The van der Waals surface area contributed by atoms with E-state index in [0.717, 1.165) is 40.3 Å². The third-order valence-corrected chi connectivity index (χ3v) is 6.68. The van der Waals surface area contributed by atoms with E-state index in [4.69, 9.17) is 4.74 Å². The Hall–Kier alpha value is -2.52. The summed E-state index contributed by atoms with van der Waals surface area (Å²) in [7, 11) is 2.82. The SMILES string of the molecule is COC(=O)NC(=O)c1c(NC(=O)CCSc2ccc(OC)cc2)sc2c1CCC2. The van der Waals surface area contributed by atoms with Gasteiger partial charge < -0.3 is 14.8 Å². The van der Waals surface area contributed by atoms with Crippen molar-refractivity contribution in [3.05, 3.63) is 40.3 Å². The number of methoxy groups -OCH3 is 2. The molecule has 0 saturated heterocycles. The van der Waals surface area contributed by atoms with Crippen LogP contribution in [0.5, 0.6) is 5.75 Å². The van der Waals surface area contributed by atoms with Gasteiger partial charge in [-0.15, -0.1) is 23.1 Å². The largest absolute Gasteiger partial charge is 0.497 e. The predicted octanol–water partition coefficient (Wildman–Crippen LogP) is 3.86. The third-order valence-electron chi connectivity index (χ3n) is 4.46. The lowest BCUT2D eigenvalue weighted by Crippen LogP contribution is -2.31. The van der Waals surface area contributed by atoms with E-state index in [9.17, 15) is 14.4 Å². The number of carbonyl (C=O) groups excluding carboxylic acids is 3. The summed E-state index contributed by atoms with van der Waals surface area (Å²) in [6.07, 6.45) is 2.09. The van der Waals surface area contributed by atoms with Crippen LogP contribution in [-0.4, -0.2) is 37.9 Å². The molecule has 3 rings (SSSR count). The molecule has 3 amide bonds. The van der Waals surface area contributed by atoms with Crippen molar-refractivity contribution in [1.29, 1.82) is 0 Å². The van der Waals surface area contributed by atoms with Gasteiger partial charge in [0.2, 0.25) is 5.91 Å². The third kappa shape index (κ3) is 5.30. The van der Waals surface area contributed by atoms with E-state index in [1.54, 1.807) is 18.9 Å². The van der Waals surface area contributed by atoms with Crippen molar-refractivity contribution in [1.82, 2.24) is 5.32 Å².